The van der Waals surface area contributed by atoms with Gasteiger partial charge in [0.05, 0.1) is 17.8 Å². The van der Waals surface area contributed by atoms with Gasteiger partial charge in [-0.05, 0) is 24.1 Å². The fourth-order valence-corrected chi connectivity index (χ4v) is 3.99. The van der Waals surface area contributed by atoms with Crippen molar-refractivity contribution in [3.8, 4) is 0 Å². The molecule has 150 valence electrons. The summed E-state index contributed by atoms with van der Waals surface area (Å²) in [5.41, 5.74) is 3.48. The van der Waals surface area contributed by atoms with E-state index in [1.54, 1.807) is 10.9 Å². The minimum absolute atomic E-state index is 0.0344. The summed E-state index contributed by atoms with van der Waals surface area (Å²) in [6.45, 7) is 6.26. The Morgan fingerprint density at radius 3 is 2.41 bits per heavy atom. The molecule has 7 heteroatoms. The second-order valence-corrected chi connectivity index (χ2v) is 7.68. The van der Waals surface area contributed by atoms with Crippen LogP contribution in [0.15, 0.2) is 54.9 Å². The average Bonchev–Trinajstić information content (AvgIpc) is 3.02. The molecular weight excluding hydrogens is 386 g/mol. The van der Waals surface area contributed by atoms with Gasteiger partial charge >= 0.3 is 0 Å². The van der Waals surface area contributed by atoms with Crippen LogP contribution in [0.25, 0.3) is 0 Å². The van der Waals surface area contributed by atoms with Crippen molar-refractivity contribution in [2.75, 3.05) is 26.2 Å². The predicted molar refractivity (Wildman–Crippen MR) is 113 cm³/mol. The van der Waals surface area contributed by atoms with Crippen molar-refractivity contribution >= 4 is 17.5 Å². The first-order valence-corrected chi connectivity index (χ1v) is 10.2. The zero-order chi connectivity index (χ0) is 20.2. The summed E-state index contributed by atoms with van der Waals surface area (Å²) in [6.07, 6.45) is 3.67. The summed E-state index contributed by atoms with van der Waals surface area (Å²) >= 11 is 6.57. The monoisotopic (exact) mass is 409 g/mol. The molecular formula is C22H24ClN5O. The largest absolute Gasteiger partial charge is 0.336 e. The van der Waals surface area contributed by atoms with Crippen LogP contribution >= 0.6 is 11.6 Å². The van der Waals surface area contributed by atoms with Gasteiger partial charge in [0, 0.05) is 45.1 Å². The van der Waals surface area contributed by atoms with Gasteiger partial charge in [-0.3, -0.25) is 14.7 Å². The maximum absolute atomic E-state index is 13.1. The minimum Gasteiger partial charge on any atom is -0.336 e. The van der Waals surface area contributed by atoms with E-state index in [1.165, 1.54) is 5.56 Å². The first-order chi connectivity index (χ1) is 14.1. The van der Waals surface area contributed by atoms with Gasteiger partial charge in [0.2, 0.25) is 0 Å². The van der Waals surface area contributed by atoms with Crippen LogP contribution in [0.5, 0.6) is 0 Å². The highest BCUT2D eigenvalue weighted by Crippen LogP contribution is 2.23. The highest BCUT2D eigenvalue weighted by molar-refractivity contribution is 6.33. The number of carbonyl (C=O) groups is 1. The first kappa shape index (κ1) is 19.6. The molecule has 1 aliphatic heterocycles. The SMILES string of the molecule is Cc1nn(Cc2ccccc2)c(Cl)c1C(=O)N1CCN(Cc2cccnc2)CC1. The third-order valence-electron chi connectivity index (χ3n) is 5.24. The molecule has 1 amide bonds. The molecule has 29 heavy (non-hydrogen) atoms. The topological polar surface area (TPSA) is 54.3 Å². The molecule has 0 radical (unpaired) electrons. The molecule has 1 aromatic carbocycles. The summed E-state index contributed by atoms with van der Waals surface area (Å²) in [7, 11) is 0. The second-order valence-electron chi connectivity index (χ2n) is 7.32. The molecule has 0 aliphatic carbocycles. The van der Waals surface area contributed by atoms with Crippen molar-refractivity contribution in [3.05, 3.63) is 82.4 Å². The Hall–Kier alpha value is -2.70. The number of aromatic nitrogens is 3. The third kappa shape index (κ3) is 4.49. The molecule has 3 aromatic rings. The van der Waals surface area contributed by atoms with E-state index in [1.807, 2.05) is 54.4 Å². The molecule has 1 fully saturated rings. The molecule has 1 aliphatic rings. The fourth-order valence-electron chi connectivity index (χ4n) is 3.67. The van der Waals surface area contributed by atoms with E-state index in [4.69, 9.17) is 11.6 Å². The fraction of sp³-hybridized carbons (Fsp3) is 0.318. The van der Waals surface area contributed by atoms with Gasteiger partial charge in [0.15, 0.2) is 0 Å². The number of carbonyl (C=O) groups excluding carboxylic acids is 1. The van der Waals surface area contributed by atoms with Gasteiger partial charge in [-0.1, -0.05) is 48.0 Å². The normalized spacial score (nSPS) is 14.9. The molecule has 0 bridgehead atoms. The third-order valence-corrected chi connectivity index (χ3v) is 5.63. The van der Waals surface area contributed by atoms with E-state index < -0.39 is 0 Å². The van der Waals surface area contributed by atoms with Crippen molar-refractivity contribution in [1.29, 1.82) is 0 Å². The maximum Gasteiger partial charge on any atom is 0.258 e. The van der Waals surface area contributed by atoms with E-state index in [9.17, 15) is 4.79 Å². The Kier molecular flexibility index (Phi) is 5.92. The lowest BCUT2D eigenvalue weighted by molar-refractivity contribution is 0.0627. The van der Waals surface area contributed by atoms with Crippen LogP contribution in [0.1, 0.15) is 27.2 Å². The van der Waals surface area contributed by atoms with Crippen molar-refractivity contribution in [1.82, 2.24) is 24.6 Å². The van der Waals surface area contributed by atoms with Crippen LogP contribution < -0.4 is 0 Å². The minimum atomic E-state index is -0.0344. The van der Waals surface area contributed by atoms with Crippen LogP contribution in [0.4, 0.5) is 0 Å². The number of hydrogen-bond acceptors (Lipinski definition) is 4. The predicted octanol–water partition coefficient (Wildman–Crippen LogP) is 3.25. The van der Waals surface area contributed by atoms with E-state index >= 15 is 0 Å². The van der Waals surface area contributed by atoms with Crippen molar-refractivity contribution < 1.29 is 4.79 Å². The van der Waals surface area contributed by atoms with E-state index in [0.717, 1.165) is 25.2 Å². The molecule has 0 N–H and O–H groups in total. The number of piperazine rings is 1. The Labute approximate surface area is 175 Å². The van der Waals surface area contributed by atoms with Gasteiger partial charge in [-0.15, -0.1) is 0 Å². The molecule has 0 spiro atoms. The summed E-state index contributed by atoms with van der Waals surface area (Å²) in [6, 6.07) is 14.0. The first-order valence-electron chi connectivity index (χ1n) is 9.79. The quantitative estimate of drug-likeness (QED) is 0.649. The molecule has 0 unspecified atom stereocenters. The number of hydrogen-bond donors (Lipinski definition) is 0. The standard InChI is InChI=1S/C22H24ClN5O/c1-17-20(21(23)28(25-17)16-18-6-3-2-4-7-18)22(29)27-12-10-26(11-13-27)15-19-8-5-9-24-14-19/h2-9,14H,10-13,15-16H2,1H3. The maximum atomic E-state index is 13.1. The summed E-state index contributed by atoms with van der Waals surface area (Å²) in [5, 5.41) is 4.92. The van der Waals surface area contributed by atoms with Gasteiger partial charge in [-0.2, -0.15) is 5.10 Å². The van der Waals surface area contributed by atoms with Crippen LogP contribution in [-0.2, 0) is 13.1 Å². The van der Waals surface area contributed by atoms with E-state index in [-0.39, 0.29) is 5.91 Å². The Bertz CT molecular complexity index is 966. The van der Waals surface area contributed by atoms with Crippen molar-refractivity contribution in [2.45, 2.75) is 20.0 Å². The highest BCUT2D eigenvalue weighted by Gasteiger charge is 2.27. The number of rotatable bonds is 5. The summed E-state index contributed by atoms with van der Waals surface area (Å²) in [4.78, 5) is 21.5. The average molecular weight is 410 g/mol. The van der Waals surface area contributed by atoms with E-state index in [0.29, 0.717) is 36.0 Å². The second kappa shape index (κ2) is 8.76. The zero-order valence-electron chi connectivity index (χ0n) is 16.5. The lowest BCUT2D eigenvalue weighted by Gasteiger charge is -2.34. The van der Waals surface area contributed by atoms with Gasteiger partial charge < -0.3 is 4.90 Å². The number of nitrogens with zero attached hydrogens (tertiary/aromatic N) is 5. The number of aryl methyl sites for hydroxylation is 1. The van der Waals surface area contributed by atoms with Gasteiger partial charge in [0.25, 0.3) is 5.91 Å². The van der Waals surface area contributed by atoms with Crippen LogP contribution in [0.3, 0.4) is 0 Å². The Morgan fingerprint density at radius 2 is 1.72 bits per heavy atom. The molecule has 0 saturated carbocycles. The molecule has 3 heterocycles. The Balaban J connectivity index is 1.41. The van der Waals surface area contributed by atoms with Gasteiger partial charge in [0.1, 0.15) is 5.15 Å². The number of benzene rings is 1. The lowest BCUT2D eigenvalue weighted by Crippen LogP contribution is -2.48. The number of amides is 1. The van der Waals surface area contributed by atoms with Crippen LogP contribution in [0.2, 0.25) is 5.15 Å². The van der Waals surface area contributed by atoms with E-state index in [2.05, 4.69) is 21.0 Å². The molecule has 0 atom stereocenters. The van der Waals surface area contributed by atoms with Gasteiger partial charge in [-0.25, -0.2) is 4.68 Å². The molecule has 6 nitrogen and oxygen atoms in total. The van der Waals surface area contributed by atoms with Crippen LogP contribution in [-0.4, -0.2) is 56.7 Å². The van der Waals surface area contributed by atoms with Crippen LogP contribution in [0, 0.1) is 6.92 Å². The Morgan fingerprint density at radius 1 is 1.00 bits per heavy atom. The molecule has 1 saturated heterocycles. The number of halogens is 1. The molecule has 4 rings (SSSR count). The van der Waals surface area contributed by atoms with Crippen molar-refractivity contribution in [3.63, 3.8) is 0 Å². The molecule has 2 aromatic heterocycles. The zero-order valence-corrected chi connectivity index (χ0v) is 17.2. The smallest absolute Gasteiger partial charge is 0.258 e. The summed E-state index contributed by atoms with van der Waals surface area (Å²) in [5.74, 6) is -0.0344. The summed E-state index contributed by atoms with van der Waals surface area (Å²) < 4.78 is 1.71. The number of pyridine rings is 1. The lowest BCUT2D eigenvalue weighted by atomic mass is 10.2. The van der Waals surface area contributed by atoms with Crippen molar-refractivity contribution in [2.24, 2.45) is 0 Å². The highest BCUT2D eigenvalue weighted by atomic mass is 35.5.